The van der Waals surface area contributed by atoms with E-state index in [1.807, 2.05) is 60.6 Å². The minimum Gasteiger partial charge on any atom is -0.493 e. The summed E-state index contributed by atoms with van der Waals surface area (Å²) in [4.78, 5) is 41.0. The van der Waals surface area contributed by atoms with Gasteiger partial charge in [0, 0.05) is 45.1 Å². The summed E-state index contributed by atoms with van der Waals surface area (Å²) in [6, 6.07) is 5.68. The fourth-order valence-corrected chi connectivity index (χ4v) is 6.87. The van der Waals surface area contributed by atoms with Gasteiger partial charge in [0.05, 0.1) is 25.9 Å². The molecule has 2 aliphatic heterocycles. The van der Waals surface area contributed by atoms with E-state index in [2.05, 4.69) is 30.5 Å². The average Bonchev–Trinajstić information content (AvgIpc) is 3.53. The van der Waals surface area contributed by atoms with Gasteiger partial charge in [0.25, 0.3) is 0 Å². The van der Waals surface area contributed by atoms with Gasteiger partial charge in [-0.2, -0.15) is 0 Å². The molecular formula is C38H63N3O8. The fourth-order valence-electron chi connectivity index (χ4n) is 6.87. The third-order valence-electron chi connectivity index (χ3n) is 9.57. The molecule has 0 spiro atoms. The van der Waals surface area contributed by atoms with E-state index >= 15 is 0 Å². The van der Waals surface area contributed by atoms with E-state index in [-0.39, 0.29) is 47.6 Å². The predicted molar refractivity (Wildman–Crippen MR) is 190 cm³/mol. The Morgan fingerprint density at radius 1 is 1.06 bits per heavy atom. The summed E-state index contributed by atoms with van der Waals surface area (Å²) in [5.74, 6) is 1.46. The van der Waals surface area contributed by atoms with Crippen LogP contribution in [0.3, 0.4) is 0 Å². The molecule has 11 nitrogen and oxygen atoms in total. The molecule has 2 fully saturated rings. The molecule has 0 radical (unpaired) electrons. The lowest BCUT2D eigenvalue weighted by molar-refractivity contribution is -0.129. The third-order valence-corrected chi connectivity index (χ3v) is 9.57. The Hall–Kier alpha value is -3.05. The molecule has 0 saturated carbocycles. The Morgan fingerprint density at radius 2 is 1.78 bits per heavy atom. The Morgan fingerprint density at radius 3 is 2.35 bits per heavy atom. The van der Waals surface area contributed by atoms with Crippen LogP contribution in [0.1, 0.15) is 100.0 Å². The summed E-state index contributed by atoms with van der Waals surface area (Å²) < 4.78 is 29.5. The molecule has 0 aromatic heterocycles. The van der Waals surface area contributed by atoms with E-state index in [9.17, 15) is 14.4 Å². The standard InChI is InChI=1S/C38H63N3O8/c1-24(2)27(19-26-13-15-31(46-11)33(20-26)47-18-12-17-45-10)21-30-32(48-38(8,9)41(30)36(44)49-37(5,6)7)22-29(25(3)4)35(43)39-23-28-14-16-34(42)40-28/h13,15,20,24-25,27-30,32H,12,14,16-19,21-23H2,1-11H3,(H,39,43)(H,40,42)/t27-,28-,29-,30-,32-/m0/s1. The third kappa shape index (κ3) is 11.8. The largest absolute Gasteiger partial charge is 0.493 e. The number of amides is 3. The van der Waals surface area contributed by atoms with Crippen LogP contribution in [0.4, 0.5) is 4.79 Å². The highest BCUT2D eigenvalue weighted by Gasteiger charge is 2.52. The fraction of sp³-hybridized carbons (Fsp3) is 0.763. The lowest BCUT2D eigenvalue weighted by atomic mass is 9.80. The summed E-state index contributed by atoms with van der Waals surface area (Å²) in [5.41, 5.74) is -0.529. The molecule has 2 heterocycles. The molecule has 5 atom stereocenters. The Labute approximate surface area is 294 Å². The molecule has 2 saturated heterocycles. The number of hydrogen-bond donors (Lipinski definition) is 2. The molecule has 1 aromatic carbocycles. The molecule has 2 aliphatic rings. The number of hydrogen-bond acceptors (Lipinski definition) is 8. The van der Waals surface area contributed by atoms with Gasteiger partial charge in [-0.25, -0.2) is 4.79 Å². The highest BCUT2D eigenvalue weighted by atomic mass is 16.6. The maximum atomic E-state index is 13.9. The number of benzene rings is 1. The van der Waals surface area contributed by atoms with Crippen molar-refractivity contribution >= 4 is 17.9 Å². The zero-order valence-electron chi connectivity index (χ0n) is 31.9. The van der Waals surface area contributed by atoms with E-state index < -0.39 is 23.5 Å². The average molecular weight is 690 g/mol. The van der Waals surface area contributed by atoms with Crippen LogP contribution in [0, 0.1) is 23.7 Å². The van der Waals surface area contributed by atoms with Crippen molar-refractivity contribution in [2.24, 2.45) is 23.7 Å². The zero-order valence-corrected chi connectivity index (χ0v) is 31.9. The summed E-state index contributed by atoms with van der Waals surface area (Å²) in [7, 11) is 3.31. The molecule has 11 heteroatoms. The van der Waals surface area contributed by atoms with Crippen molar-refractivity contribution in [2.75, 3.05) is 34.0 Å². The van der Waals surface area contributed by atoms with Crippen molar-refractivity contribution in [3.63, 3.8) is 0 Å². The van der Waals surface area contributed by atoms with Crippen molar-refractivity contribution in [1.29, 1.82) is 0 Å². The Kier molecular flexibility index (Phi) is 14.6. The molecular weight excluding hydrogens is 626 g/mol. The van der Waals surface area contributed by atoms with Gasteiger partial charge >= 0.3 is 6.09 Å². The number of ether oxygens (including phenoxy) is 5. The Bertz CT molecular complexity index is 1240. The number of rotatable bonds is 17. The number of carbonyl (C=O) groups excluding carboxylic acids is 3. The van der Waals surface area contributed by atoms with Crippen LogP contribution in [0.25, 0.3) is 0 Å². The van der Waals surface area contributed by atoms with Crippen molar-refractivity contribution < 1.29 is 38.1 Å². The molecule has 0 bridgehead atoms. The second-order valence-electron chi connectivity index (χ2n) is 15.8. The first-order valence-corrected chi connectivity index (χ1v) is 18.0. The maximum absolute atomic E-state index is 13.9. The number of nitrogens with zero attached hydrogens (tertiary/aromatic N) is 1. The van der Waals surface area contributed by atoms with Gasteiger partial charge in [-0.15, -0.1) is 0 Å². The molecule has 278 valence electrons. The second-order valence-corrected chi connectivity index (χ2v) is 15.8. The van der Waals surface area contributed by atoms with E-state index in [0.29, 0.717) is 56.9 Å². The predicted octanol–water partition coefficient (Wildman–Crippen LogP) is 6.11. The van der Waals surface area contributed by atoms with Gasteiger partial charge in [-0.1, -0.05) is 33.8 Å². The number of carbonyl (C=O) groups is 3. The van der Waals surface area contributed by atoms with Crippen molar-refractivity contribution in [2.45, 2.75) is 130 Å². The number of methoxy groups -OCH3 is 2. The van der Waals surface area contributed by atoms with Crippen LogP contribution in [0.15, 0.2) is 18.2 Å². The molecule has 1 aromatic rings. The molecule has 3 rings (SSSR count). The van der Waals surface area contributed by atoms with Crippen LogP contribution in [-0.2, 0) is 30.2 Å². The van der Waals surface area contributed by atoms with Crippen LogP contribution in [0.2, 0.25) is 0 Å². The minimum absolute atomic E-state index is 0.0199. The highest BCUT2D eigenvalue weighted by Crippen LogP contribution is 2.42. The van der Waals surface area contributed by atoms with Gasteiger partial charge in [0.15, 0.2) is 11.5 Å². The van der Waals surface area contributed by atoms with Crippen molar-refractivity contribution in [1.82, 2.24) is 15.5 Å². The minimum atomic E-state index is -0.950. The first-order valence-electron chi connectivity index (χ1n) is 18.0. The lowest BCUT2D eigenvalue weighted by Crippen LogP contribution is -2.51. The normalized spacial score (nSPS) is 21.9. The molecule has 0 aliphatic carbocycles. The smallest absolute Gasteiger partial charge is 0.412 e. The molecule has 3 amide bonds. The van der Waals surface area contributed by atoms with Gasteiger partial charge in [-0.05, 0) is 95.8 Å². The van der Waals surface area contributed by atoms with Crippen molar-refractivity contribution in [3.05, 3.63) is 23.8 Å². The maximum Gasteiger partial charge on any atom is 0.412 e. The van der Waals surface area contributed by atoms with Gasteiger partial charge in [0.2, 0.25) is 11.8 Å². The summed E-state index contributed by atoms with van der Waals surface area (Å²) >= 11 is 0. The van der Waals surface area contributed by atoms with Gasteiger partial charge in [0.1, 0.15) is 11.3 Å². The van der Waals surface area contributed by atoms with Gasteiger partial charge < -0.3 is 34.3 Å². The first-order chi connectivity index (χ1) is 22.9. The summed E-state index contributed by atoms with van der Waals surface area (Å²) in [6.07, 6.45) is 2.99. The van der Waals surface area contributed by atoms with E-state index in [1.54, 1.807) is 19.1 Å². The van der Waals surface area contributed by atoms with E-state index in [1.165, 1.54) is 0 Å². The zero-order chi connectivity index (χ0) is 36.5. The topological polar surface area (TPSA) is 125 Å². The summed E-state index contributed by atoms with van der Waals surface area (Å²) in [5, 5.41) is 6.01. The van der Waals surface area contributed by atoms with Crippen molar-refractivity contribution in [3.8, 4) is 11.5 Å². The second kappa shape index (κ2) is 17.7. The monoisotopic (exact) mass is 689 g/mol. The SMILES string of the molecule is COCCCOc1cc(C[C@@H](C[C@H]2[C@H](C[C@H](C(=O)NC[C@@H]3CCC(=O)N3)C(C)C)OC(C)(C)N2C(=O)OC(C)(C)C)C(C)C)ccc1OC. The molecule has 49 heavy (non-hydrogen) atoms. The first kappa shape index (κ1) is 40.4. The van der Waals surface area contributed by atoms with Gasteiger partial charge in [-0.3, -0.25) is 14.5 Å². The molecule has 2 N–H and O–H groups in total. The van der Waals surface area contributed by atoms with E-state index in [4.69, 9.17) is 23.7 Å². The Balaban J connectivity index is 1.90. The van der Waals surface area contributed by atoms with Crippen LogP contribution < -0.4 is 20.1 Å². The highest BCUT2D eigenvalue weighted by molar-refractivity contribution is 5.80. The number of nitrogens with one attached hydrogen (secondary N) is 2. The van der Waals surface area contributed by atoms with Crippen LogP contribution in [-0.4, -0.2) is 86.3 Å². The van der Waals surface area contributed by atoms with Crippen LogP contribution >= 0.6 is 0 Å². The molecule has 0 unspecified atom stereocenters. The summed E-state index contributed by atoms with van der Waals surface area (Å²) in [6.45, 7) is 19.4. The lowest BCUT2D eigenvalue weighted by Gasteiger charge is -2.37. The van der Waals surface area contributed by atoms with Crippen LogP contribution in [0.5, 0.6) is 11.5 Å². The van der Waals surface area contributed by atoms with E-state index in [0.717, 1.165) is 18.4 Å². The quantitative estimate of drug-likeness (QED) is 0.188.